The van der Waals surface area contributed by atoms with Crippen LogP contribution in [-0.4, -0.2) is 18.1 Å². The fourth-order valence-corrected chi connectivity index (χ4v) is 2.02. The number of nitrogens with one attached hydrogen (secondary N) is 1. The molecule has 4 nitrogen and oxygen atoms in total. The Morgan fingerprint density at radius 3 is 2.76 bits per heavy atom. The first-order valence-corrected chi connectivity index (χ1v) is 7.12. The molecule has 1 unspecified atom stereocenters. The third-order valence-electron chi connectivity index (χ3n) is 3.48. The SMILES string of the molecule is CCCC(N)C(=O)Nc1ccc(OC2CCC2)c(F)c1.Cl. The van der Waals surface area contributed by atoms with Crippen molar-refractivity contribution in [2.75, 3.05) is 5.32 Å². The zero-order chi connectivity index (χ0) is 14.5. The average molecular weight is 317 g/mol. The van der Waals surface area contributed by atoms with E-state index in [2.05, 4.69) is 5.32 Å². The van der Waals surface area contributed by atoms with E-state index in [1.54, 1.807) is 12.1 Å². The summed E-state index contributed by atoms with van der Waals surface area (Å²) in [4.78, 5) is 11.7. The molecule has 2 rings (SSSR count). The largest absolute Gasteiger partial charge is 0.487 e. The van der Waals surface area contributed by atoms with Crippen LogP contribution in [0.1, 0.15) is 39.0 Å². The molecule has 0 aromatic heterocycles. The van der Waals surface area contributed by atoms with E-state index >= 15 is 0 Å². The van der Waals surface area contributed by atoms with Gasteiger partial charge in [0.1, 0.15) is 0 Å². The number of amides is 1. The van der Waals surface area contributed by atoms with Gasteiger partial charge < -0.3 is 15.8 Å². The molecule has 0 spiro atoms. The van der Waals surface area contributed by atoms with Crippen LogP contribution in [0.25, 0.3) is 0 Å². The first-order valence-electron chi connectivity index (χ1n) is 7.12. The molecule has 1 saturated carbocycles. The average Bonchev–Trinajstić information content (AvgIpc) is 2.36. The minimum absolute atomic E-state index is 0. The number of ether oxygens (including phenoxy) is 1. The van der Waals surface area contributed by atoms with E-state index in [0.717, 1.165) is 25.7 Å². The van der Waals surface area contributed by atoms with Crippen molar-refractivity contribution in [2.24, 2.45) is 5.73 Å². The van der Waals surface area contributed by atoms with E-state index < -0.39 is 11.9 Å². The second kappa shape index (κ2) is 8.20. The lowest BCUT2D eigenvalue weighted by atomic mass is 9.96. The minimum Gasteiger partial charge on any atom is -0.487 e. The predicted molar refractivity (Wildman–Crippen MR) is 83.4 cm³/mol. The van der Waals surface area contributed by atoms with E-state index in [4.69, 9.17) is 10.5 Å². The predicted octanol–water partition coefficient (Wildman–Crippen LogP) is 3.24. The number of carbonyl (C=O) groups excluding carboxylic acids is 1. The van der Waals surface area contributed by atoms with Crippen LogP contribution in [0.15, 0.2) is 18.2 Å². The van der Waals surface area contributed by atoms with Gasteiger partial charge in [-0.3, -0.25) is 4.79 Å². The Bertz CT molecular complexity index is 481. The summed E-state index contributed by atoms with van der Waals surface area (Å²) in [6.45, 7) is 1.96. The van der Waals surface area contributed by atoms with Gasteiger partial charge in [-0.15, -0.1) is 12.4 Å². The number of anilines is 1. The number of halogens is 2. The van der Waals surface area contributed by atoms with Crippen LogP contribution < -0.4 is 15.8 Å². The van der Waals surface area contributed by atoms with Gasteiger partial charge in [-0.2, -0.15) is 0 Å². The molecule has 6 heteroatoms. The summed E-state index contributed by atoms with van der Waals surface area (Å²) in [5.41, 5.74) is 6.11. The van der Waals surface area contributed by atoms with Crippen LogP contribution in [0, 0.1) is 5.82 Å². The zero-order valence-corrected chi connectivity index (χ0v) is 12.9. The molecule has 0 bridgehead atoms. The lowest BCUT2D eigenvalue weighted by Crippen LogP contribution is -2.35. The molecule has 0 heterocycles. The van der Waals surface area contributed by atoms with Crippen molar-refractivity contribution in [3.63, 3.8) is 0 Å². The van der Waals surface area contributed by atoms with Gasteiger partial charge in [0.2, 0.25) is 5.91 Å². The highest BCUT2D eigenvalue weighted by Crippen LogP contribution is 2.28. The molecule has 1 aliphatic rings. The Kier molecular flexibility index (Phi) is 6.92. The number of hydrogen-bond acceptors (Lipinski definition) is 3. The summed E-state index contributed by atoms with van der Waals surface area (Å²) in [6.07, 6.45) is 4.65. The third kappa shape index (κ3) is 4.86. The van der Waals surface area contributed by atoms with Gasteiger partial charge in [0.05, 0.1) is 12.1 Å². The summed E-state index contributed by atoms with van der Waals surface area (Å²) >= 11 is 0. The van der Waals surface area contributed by atoms with Crippen LogP contribution in [-0.2, 0) is 4.79 Å². The standard InChI is InChI=1S/C15H21FN2O2.ClH/c1-2-4-13(17)15(19)18-10-7-8-14(12(16)9-10)20-11-5-3-6-11;/h7-9,11,13H,2-6,17H2,1H3,(H,18,19);1H. The highest BCUT2D eigenvalue weighted by atomic mass is 35.5. The van der Waals surface area contributed by atoms with Gasteiger partial charge in [0.15, 0.2) is 11.6 Å². The molecule has 1 aromatic carbocycles. The van der Waals surface area contributed by atoms with Crippen molar-refractivity contribution < 1.29 is 13.9 Å². The Labute approximate surface area is 130 Å². The van der Waals surface area contributed by atoms with E-state index in [1.807, 2.05) is 6.92 Å². The molecule has 1 aromatic rings. The summed E-state index contributed by atoms with van der Waals surface area (Å²) in [5, 5.41) is 2.62. The second-order valence-electron chi connectivity index (χ2n) is 5.20. The monoisotopic (exact) mass is 316 g/mol. The van der Waals surface area contributed by atoms with Gasteiger partial charge in [0, 0.05) is 11.8 Å². The Hall–Kier alpha value is -1.33. The molecule has 118 valence electrons. The normalized spacial score (nSPS) is 15.6. The van der Waals surface area contributed by atoms with Crippen molar-refractivity contribution in [1.29, 1.82) is 0 Å². The smallest absolute Gasteiger partial charge is 0.241 e. The molecule has 1 aliphatic carbocycles. The quantitative estimate of drug-likeness (QED) is 0.846. The zero-order valence-electron chi connectivity index (χ0n) is 12.1. The van der Waals surface area contributed by atoms with E-state index in [0.29, 0.717) is 12.1 Å². The molecule has 1 amide bonds. The molecule has 1 atom stereocenters. The highest BCUT2D eigenvalue weighted by Gasteiger charge is 2.21. The van der Waals surface area contributed by atoms with E-state index in [-0.39, 0.29) is 30.2 Å². The number of nitrogens with two attached hydrogens (primary N) is 1. The second-order valence-corrected chi connectivity index (χ2v) is 5.20. The summed E-state index contributed by atoms with van der Waals surface area (Å²) in [7, 11) is 0. The van der Waals surface area contributed by atoms with Gasteiger partial charge >= 0.3 is 0 Å². The van der Waals surface area contributed by atoms with Gasteiger partial charge in [-0.25, -0.2) is 4.39 Å². The lowest BCUT2D eigenvalue weighted by molar-refractivity contribution is -0.117. The van der Waals surface area contributed by atoms with Crippen molar-refractivity contribution >= 4 is 24.0 Å². The molecular formula is C15H22ClFN2O2. The lowest BCUT2D eigenvalue weighted by Gasteiger charge is -2.26. The number of rotatable bonds is 6. The van der Waals surface area contributed by atoms with Gasteiger partial charge in [-0.05, 0) is 37.8 Å². The van der Waals surface area contributed by atoms with Crippen molar-refractivity contribution in [3.05, 3.63) is 24.0 Å². The van der Waals surface area contributed by atoms with Crippen molar-refractivity contribution in [2.45, 2.75) is 51.2 Å². The van der Waals surface area contributed by atoms with Crippen LogP contribution in [0.4, 0.5) is 10.1 Å². The number of hydrogen-bond donors (Lipinski definition) is 2. The van der Waals surface area contributed by atoms with Crippen molar-refractivity contribution in [3.8, 4) is 5.75 Å². The number of carbonyl (C=O) groups is 1. The first kappa shape index (κ1) is 17.7. The number of benzene rings is 1. The maximum atomic E-state index is 13.9. The minimum atomic E-state index is -0.561. The maximum Gasteiger partial charge on any atom is 0.241 e. The fourth-order valence-electron chi connectivity index (χ4n) is 2.02. The highest BCUT2D eigenvalue weighted by molar-refractivity contribution is 5.94. The molecule has 21 heavy (non-hydrogen) atoms. The van der Waals surface area contributed by atoms with E-state index in [1.165, 1.54) is 6.07 Å². The van der Waals surface area contributed by atoms with Crippen LogP contribution in [0.5, 0.6) is 5.75 Å². The Morgan fingerprint density at radius 2 is 2.24 bits per heavy atom. The third-order valence-corrected chi connectivity index (χ3v) is 3.48. The summed E-state index contributed by atoms with van der Waals surface area (Å²) in [5.74, 6) is -0.511. The summed E-state index contributed by atoms with van der Waals surface area (Å²) in [6, 6.07) is 3.89. The molecule has 1 fully saturated rings. The van der Waals surface area contributed by atoms with Gasteiger partial charge in [0.25, 0.3) is 0 Å². The van der Waals surface area contributed by atoms with Gasteiger partial charge in [-0.1, -0.05) is 13.3 Å². The van der Waals surface area contributed by atoms with E-state index in [9.17, 15) is 9.18 Å². The Balaban J connectivity index is 0.00000220. The van der Waals surface area contributed by atoms with Crippen LogP contribution in [0.3, 0.4) is 0 Å². The fraction of sp³-hybridized carbons (Fsp3) is 0.533. The topological polar surface area (TPSA) is 64.4 Å². The summed E-state index contributed by atoms with van der Waals surface area (Å²) < 4.78 is 19.4. The molecule has 3 N–H and O–H groups in total. The van der Waals surface area contributed by atoms with Crippen LogP contribution >= 0.6 is 12.4 Å². The van der Waals surface area contributed by atoms with Crippen LogP contribution in [0.2, 0.25) is 0 Å². The maximum absolute atomic E-state index is 13.9. The van der Waals surface area contributed by atoms with Crippen molar-refractivity contribution in [1.82, 2.24) is 0 Å². The Morgan fingerprint density at radius 1 is 1.52 bits per heavy atom. The molecular weight excluding hydrogens is 295 g/mol. The first-order chi connectivity index (χ1) is 9.60. The molecule has 0 radical (unpaired) electrons. The molecule has 0 saturated heterocycles. The molecule has 0 aliphatic heterocycles.